The Morgan fingerprint density at radius 2 is 1.81 bits per heavy atom. The van der Waals surface area contributed by atoms with E-state index in [9.17, 15) is 14.7 Å². The standard InChI is InChI=1S/C29H33NO7/c1-2-3-4-13-34-21-10-7-19(8-11-21)26-25(28(32)29(33)30(26)18-22-6-5-14-35-22)27(31)20-9-12-23-24(17-20)37-16-15-36-23/h7-12,17,22,26,31H,2-6,13-16,18H2,1H3/t22-,26-/m0/s1. The molecule has 0 radical (unpaired) electrons. The highest BCUT2D eigenvalue weighted by atomic mass is 16.6. The largest absolute Gasteiger partial charge is 0.507 e. The SMILES string of the molecule is CCCCCOc1ccc([C@H]2C(=C(O)c3ccc4c(c3)OCCO4)C(=O)C(=O)N2C[C@@H]2CCCO2)cc1. The number of fused-ring (bicyclic) bond motifs is 1. The zero-order valence-corrected chi connectivity index (χ0v) is 21.1. The second kappa shape index (κ2) is 11.3. The van der Waals surface area contributed by atoms with Gasteiger partial charge in [0.25, 0.3) is 11.7 Å². The van der Waals surface area contributed by atoms with E-state index in [1.165, 1.54) is 4.90 Å². The number of ketones is 1. The molecule has 0 saturated carbocycles. The number of carbonyl (C=O) groups excluding carboxylic acids is 2. The summed E-state index contributed by atoms with van der Waals surface area (Å²) >= 11 is 0. The molecule has 1 amide bonds. The molecule has 2 aromatic carbocycles. The van der Waals surface area contributed by atoms with E-state index >= 15 is 0 Å². The van der Waals surface area contributed by atoms with Crippen molar-refractivity contribution in [3.05, 3.63) is 59.2 Å². The van der Waals surface area contributed by atoms with Gasteiger partial charge in [0, 0.05) is 18.7 Å². The fourth-order valence-corrected chi connectivity index (χ4v) is 5.06. The third-order valence-electron chi connectivity index (χ3n) is 6.99. The summed E-state index contributed by atoms with van der Waals surface area (Å²) in [6, 6.07) is 11.7. The Balaban J connectivity index is 1.49. The third-order valence-corrected chi connectivity index (χ3v) is 6.99. The summed E-state index contributed by atoms with van der Waals surface area (Å²) in [4.78, 5) is 28.1. The maximum absolute atomic E-state index is 13.3. The summed E-state index contributed by atoms with van der Waals surface area (Å²) in [5, 5.41) is 11.4. The zero-order chi connectivity index (χ0) is 25.8. The van der Waals surface area contributed by atoms with Crippen molar-refractivity contribution in [3.63, 3.8) is 0 Å². The first-order chi connectivity index (χ1) is 18.1. The number of amides is 1. The Kier molecular flexibility index (Phi) is 7.65. The first-order valence-electron chi connectivity index (χ1n) is 13.1. The number of rotatable bonds is 9. The Morgan fingerprint density at radius 3 is 2.54 bits per heavy atom. The van der Waals surface area contributed by atoms with Gasteiger partial charge in [-0.25, -0.2) is 0 Å². The predicted molar refractivity (Wildman–Crippen MR) is 137 cm³/mol. The lowest BCUT2D eigenvalue weighted by atomic mass is 9.95. The molecule has 0 spiro atoms. The lowest BCUT2D eigenvalue weighted by Crippen LogP contribution is -2.36. The number of aliphatic hydroxyl groups is 1. The van der Waals surface area contributed by atoms with E-state index in [1.807, 2.05) is 24.3 Å². The van der Waals surface area contributed by atoms with Crippen LogP contribution in [0.3, 0.4) is 0 Å². The molecule has 2 saturated heterocycles. The number of ether oxygens (including phenoxy) is 4. The van der Waals surface area contributed by atoms with Gasteiger partial charge in [-0.3, -0.25) is 9.59 Å². The Bertz CT molecular complexity index is 1170. The van der Waals surface area contributed by atoms with Crippen molar-refractivity contribution >= 4 is 17.4 Å². The fraction of sp³-hybridized carbons (Fsp3) is 0.448. The average molecular weight is 508 g/mol. The molecule has 0 bridgehead atoms. The number of hydrogen-bond acceptors (Lipinski definition) is 7. The number of likely N-dealkylation sites (tertiary alicyclic amines) is 1. The van der Waals surface area contributed by atoms with Crippen molar-refractivity contribution in [1.29, 1.82) is 0 Å². The topological polar surface area (TPSA) is 94.5 Å². The summed E-state index contributed by atoms with van der Waals surface area (Å²) in [5.41, 5.74) is 1.16. The van der Waals surface area contributed by atoms with Gasteiger partial charge in [-0.15, -0.1) is 0 Å². The second-order valence-corrected chi connectivity index (χ2v) is 9.57. The number of aliphatic hydroxyl groups excluding tert-OH is 1. The number of unbranched alkanes of at least 4 members (excludes halogenated alkanes) is 2. The van der Waals surface area contributed by atoms with Gasteiger partial charge >= 0.3 is 0 Å². The van der Waals surface area contributed by atoms with Gasteiger partial charge in [-0.2, -0.15) is 0 Å². The molecule has 8 nitrogen and oxygen atoms in total. The molecule has 3 aliphatic heterocycles. The van der Waals surface area contributed by atoms with E-state index in [4.69, 9.17) is 18.9 Å². The lowest BCUT2D eigenvalue weighted by Gasteiger charge is -2.27. The summed E-state index contributed by atoms with van der Waals surface area (Å²) in [6.07, 6.45) is 4.80. The molecule has 0 aromatic heterocycles. The molecule has 2 aromatic rings. The maximum Gasteiger partial charge on any atom is 0.295 e. The lowest BCUT2D eigenvalue weighted by molar-refractivity contribution is -0.140. The van der Waals surface area contributed by atoms with Crippen LogP contribution in [0.15, 0.2) is 48.0 Å². The summed E-state index contributed by atoms with van der Waals surface area (Å²) in [7, 11) is 0. The van der Waals surface area contributed by atoms with Gasteiger partial charge in [-0.05, 0) is 55.2 Å². The minimum absolute atomic E-state index is 0.0521. The Hall–Kier alpha value is -3.52. The van der Waals surface area contributed by atoms with Gasteiger partial charge in [-0.1, -0.05) is 31.9 Å². The number of hydrogen-bond donors (Lipinski definition) is 1. The summed E-state index contributed by atoms with van der Waals surface area (Å²) < 4.78 is 22.9. The number of benzene rings is 2. The number of Topliss-reactive ketones (excluding diaryl/α,β-unsaturated/α-hetero) is 1. The van der Waals surface area contributed by atoms with Crippen LogP contribution in [0.4, 0.5) is 0 Å². The first-order valence-corrected chi connectivity index (χ1v) is 13.1. The number of carbonyl (C=O) groups is 2. The summed E-state index contributed by atoms with van der Waals surface area (Å²) in [6.45, 7) is 4.55. The van der Waals surface area contributed by atoms with E-state index in [1.54, 1.807) is 18.2 Å². The molecule has 0 unspecified atom stereocenters. The van der Waals surface area contributed by atoms with E-state index < -0.39 is 17.7 Å². The molecule has 3 heterocycles. The highest BCUT2D eigenvalue weighted by molar-refractivity contribution is 6.46. The smallest absolute Gasteiger partial charge is 0.295 e. The van der Waals surface area contributed by atoms with Gasteiger partial charge in [0.05, 0.1) is 24.3 Å². The molecule has 0 aliphatic carbocycles. The average Bonchev–Trinajstić information content (AvgIpc) is 3.53. The van der Waals surface area contributed by atoms with Crippen molar-refractivity contribution < 1.29 is 33.6 Å². The molecule has 1 N–H and O–H groups in total. The van der Waals surface area contributed by atoms with E-state index in [2.05, 4.69) is 6.92 Å². The highest BCUT2D eigenvalue weighted by Crippen LogP contribution is 2.42. The Morgan fingerprint density at radius 1 is 1.03 bits per heavy atom. The Labute approximate surface area is 216 Å². The van der Waals surface area contributed by atoms with Crippen LogP contribution in [0, 0.1) is 0 Å². The molecule has 37 heavy (non-hydrogen) atoms. The number of nitrogens with zero attached hydrogens (tertiary/aromatic N) is 1. The fourth-order valence-electron chi connectivity index (χ4n) is 5.06. The first kappa shape index (κ1) is 25.1. The van der Waals surface area contributed by atoms with Crippen LogP contribution in [0.5, 0.6) is 17.2 Å². The molecule has 3 aliphatic rings. The third kappa shape index (κ3) is 5.30. The van der Waals surface area contributed by atoms with Crippen molar-refractivity contribution in [2.24, 2.45) is 0 Å². The minimum Gasteiger partial charge on any atom is -0.507 e. The second-order valence-electron chi connectivity index (χ2n) is 9.57. The van der Waals surface area contributed by atoms with Crippen molar-refractivity contribution in [3.8, 4) is 17.2 Å². The van der Waals surface area contributed by atoms with E-state index in [0.717, 1.165) is 43.4 Å². The van der Waals surface area contributed by atoms with Crippen LogP contribution in [-0.2, 0) is 14.3 Å². The molecule has 2 fully saturated rings. The minimum atomic E-state index is -0.744. The molecular formula is C29H33NO7. The van der Waals surface area contributed by atoms with Gasteiger partial charge < -0.3 is 29.0 Å². The quantitative estimate of drug-likeness (QED) is 0.229. The molecular weight excluding hydrogens is 474 g/mol. The zero-order valence-electron chi connectivity index (χ0n) is 21.1. The van der Waals surface area contributed by atoms with Crippen molar-refractivity contribution in [2.45, 2.75) is 51.2 Å². The van der Waals surface area contributed by atoms with Crippen molar-refractivity contribution in [2.75, 3.05) is 33.0 Å². The molecule has 196 valence electrons. The summed E-state index contributed by atoms with van der Waals surface area (Å²) in [5.74, 6) is 0.199. The van der Waals surface area contributed by atoms with Crippen LogP contribution < -0.4 is 14.2 Å². The predicted octanol–water partition coefficient (Wildman–Crippen LogP) is 4.63. The van der Waals surface area contributed by atoms with E-state index in [0.29, 0.717) is 43.5 Å². The van der Waals surface area contributed by atoms with Gasteiger partial charge in [0.2, 0.25) is 0 Å². The van der Waals surface area contributed by atoms with Crippen LogP contribution in [0.1, 0.15) is 56.2 Å². The van der Waals surface area contributed by atoms with Gasteiger partial charge in [0.1, 0.15) is 24.7 Å². The van der Waals surface area contributed by atoms with Crippen LogP contribution in [-0.4, -0.2) is 60.8 Å². The van der Waals surface area contributed by atoms with Crippen LogP contribution >= 0.6 is 0 Å². The molecule has 2 atom stereocenters. The van der Waals surface area contributed by atoms with Crippen LogP contribution in [0.25, 0.3) is 5.76 Å². The monoisotopic (exact) mass is 507 g/mol. The normalized spacial score (nSPS) is 22.5. The van der Waals surface area contributed by atoms with Crippen LogP contribution in [0.2, 0.25) is 0 Å². The van der Waals surface area contributed by atoms with E-state index in [-0.39, 0.29) is 24.0 Å². The van der Waals surface area contributed by atoms with Crippen molar-refractivity contribution in [1.82, 2.24) is 4.90 Å². The van der Waals surface area contributed by atoms with Gasteiger partial charge in [0.15, 0.2) is 11.5 Å². The highest BCUT2D eigenvalue weighted by Gasteiger charge is 2.47. The molecule has 5 rings (SSSR count). The maximum atomic E-state index is 13.3. The molecule has 8 heteroatoms.